The third-order valence-electron chi connectivity index (χ3n) is 2.70. The predicted molar refractivity (Wildman–Crippen MR) is 118 cm³/mol. The first kappa shape index (κ1) is 18.9. The van der Waals surface area contributed by atoms with Crippen molar-refractivity contribution in [2.45, 2.75) is 6.04 Å². The van der Waals surface area contributed by atoms with E-state index in [4.69, 9.17) is 15.6 Å². The van der Waals surface area contributed by atoms with Gasteiger partial charge in [0.05, 0.1) is 7.14 Å². The van der Waals surface area contributed by atoms with Gasteiger partial charge in [0.1, 0.15) is 11.8 Å². The lowest BCUT2D eigenvalue weighted by Crippen LogP contribution is -2.20. The molecule has 0 radical (unpaired) electrons. The van der Waals surface area contributed by atoms with Gasteiger partial charge >= 0.3 is 5.97 Å². The Balaban J connectivity index is 2.38. The van der Waals surface area contributed by atoms with E-state index in [1.165, 1.54) is 0 Å². The summed E-state index contributed by atoms with van der Waals surface area (Å²) in [6, 6.07) is 8.41. The SMILES string of the molecule is NC(C(=O)O)c1cc(I)c(Oc2cc(I)cc(I)c2)c(I)c1. The maximum Gasteiger partial charge on any atom is 0.325 e. The number of carbonyl (C=O) groups is 1. The molecule has 22 heavy (non-hydrogen) atoms. The monoisotopic (exact) mass is 747 g/mol. The third-order valence-corrected chi connectivity index (χ3v) is 5.55. The molecule has 0 aliphatic rings. The summed E-state index contributed by atoms with van der Waals surface area (Å²) in [5.74, 6) is 0.412. The van der Waals surface area contributed by atoms with Crippen LogP contribution < -0.4 is 10.5 Å². The van der Waals surface area contributed by atoms with Crippen molar-refractivity contribution in [2.75, 3.05) is 0 Å². The Morgan fingerprint density at radius 3 is 1.95 bits per heavy atom. The molecule has 1 atom stereocenters. The van der Waals surface area contributed by atoms with Crippen molar-refractivity contribution in [3.63, 3.8) is 0 Å². The van der Waals surface area contributed by atoms with Crippen molar-refractivity contribution in [1.82, 2.24) is 0 Å². The maximum absolute atomic E-state index is 11.0. The van der Waals surface area contributed by atoms with E-state index in [1.54, 1.807) is 12.1 Å². The molecule has 2 rings (SSSR count). The molecule has 2 aromatic carbocycles. The number of hydrogen-bond acceptors (Lipinski definition) is 3. The number of hydrogen-bond donors (Lipinski definition) is 2. The number of halogens is 4. The first-order valence-corrected chi connectivity index (χ1v) is 10.2. The molecule has 0 aliphatic carbocycles. The van der Waals surface area contributed by atoms with Crippen LogP contribution in [0.4, 0.5) is 0 Å². The van der Waals surface area contributed by atoms with Crippen LogP contribution in [0.1, 0.15) is 11.6 Å². The number of nitrogens with two attached hydrogens (primary N) is 1. The smallest absolute Gasteiger partial charge is 0.325 e. The molecular weight excluding hydrogens is 738 g/mol. The van der Waals surface area contributed by atoms with E-state index < -0.39 is 12.0 Å². The summed E-state index contributed by atoms with van der Waals surface area (Å²) in [7, 11) is 0. The normalized spacial score (nSPS) is 12.0. The zero-order valence-corrected chi connectivity index (χ0v) is 19.4. The molecule has 0 fully saturated rings. The van der Waals surface area contributed by atoms with Crippen molar-refractivity contribution < 1.29 is 14.6 Å². The van der Waals surface area contributed by atoms with Gasteiger partial charge in [-0.15, -0.1) is 0 Å². The molecule has 0 amide bonds. The quantitative estimate of drug-likeness (QED) is 0.434. The van der Waals surface area contributed by atoms with Gasteiger partial charge in [-0.25, -0.2) is 0 Å². The van der Waals surface area contributed by atoms with Gasteiger partial charge in [-0.2, -0.15) is 0 Å². The minimum Gasteiger partial charge on any atom is -0.480 e. The third kappa shape index (κ3) is 4.80. The van der Waals surface area contributed by atoms with Gasteiger partial charge in [0.25, 0.3) is 0 Å². The first-order valence-electron chi connectivity index (χ1n) is 5.89. The molecule has 4 nitrogen and oxygen atoms in total. The Morgan fingerprint density at radius 1 is 1.00 bits per heavy atom. The van der Waals surface area contributed by atoms with Crippen LogP contribution >= 0.6 is 90.4 Å². The molecule has 0 bridgehead atoms. The number of rotatable bonds is 4. The van der Waals surface area contributed by atoms with Crippen LogP contribution in [-0.2, 0) is 4.79 Å². The second kappa shape index (κ2) is 8.11. The van der Waals surface area contributed by atoms with Crippen LogP contribution in [-0.4, -0.2) is 11.1 Å². The molecule has 0 aliphatic heterocycles. The molecule has 2 aromatic rings. The van der Waals surface area contributed by atoms with Crippen molar-refractivity contribution in [3.8, 4) is 11.5 Å². The van der Waals surface area contributed by atoms with Gasteiger partial charge in [-0.3, -0.25) is 4.79 Å². The Kier molecular flexibility index (Phi) is 6.98. The summed E-state index contributed by atoms with van der Waals surface area (Å²) in [5.41, 5.74) is 6.23. The second-order valence-corrected chi connectivity index (χ2v) is 9.15. The summed E-state index contributed by atoms with van der Waals surface area (Å²) >= 11 is 8.74. The Bertz CT molecular complexity index is 693. The highest BCUT2D eigenvalue weighted by Crippen LogP contribution is 2.35. The summed E-state index contributed by atoms with van der Waals surface area (Å²) < 4.78 is 9.82. The Labute approximate surface area is 182 Å². The van der Waals surface area contributed by atoms with Gasteiger partial charge in [0.2, 0.25) is 0 Å². The van der Waals surface area contributed by atoms with Crippen molar-refractivity contribution in [2.24, 2.45) is 5.73 Å². The predicted octanol–water partition coefficient (Wildman–Crippen LogP) is 4.98. The van der Waals surface area contributed by atoms with Crippen LogP contribution in [0, 0.1) is 14.3 Å². The van der Waals surface area contributed by atoms with Gasteiger partial charge in [-0.05, 0) is 126 Å². The molecule has 116 valence electrons. The standard InChI is InChI=1S/C14H9I4NO3/c15-7-3-8(16)5-9(4-7)22-13-10(17)1-6(2-11(13)18)12(19)14(20)21/h1-5,12H,19H2,(H,20,21). The van der Waals surface area contributed by atoms with Gasteiger partial charge < -0.3 is 15.6 Å². The number of benzene rings is 2. The van der Waals surface area contributed by atoms with Gasteiger partial charge in [0, 0.05) is 7.14 Å². The highest BCUT2D eigenvalue weighted by Gasteiger charge is 2.18. The summed E-state index contributed by atoms with van der Waals surface area (Å²) in [6.07, 6.45) is 0. The van der Waals surface area contributed by atoms with E-state index in [-0.39, 0.29) is 0 Å². The number of carboxylic acid groups (broad SMARTS) is 1. The number of ether oxygens (including phenoxy) is 1. The fraction of sp³-hybridized carbons (Fsp3) is 0.0714. The maximum atomic E-state index is 11.0. The summed E-state index contributed by atoms with van der Waals surface area (Å²) in [5, 5.41) is 9.02. The fourth-order valence-corrected chi connectivity index (χ4v) is 5.62. The molecule has 0 spiro atoms. The lowest BCUT2D eigenvalue weighted by molar-refractivity contribution is -0.138. The number of carboxylic acids is 1. The molecular formula is C14H9I4NO3. The van der Waals surface area contributed by atoms with Gasteiger partial charge in [-0.1, -0.05) is 0 Å². The first-order chi connectivity index (χ1) is 10.3. The molecule has 0 heterocycles. The van der Waals surface area contributed by atoms with Crippen molar-refractivity contribution in [3.05, 3.63) is 50.2 Å². The minimum absolute atomic E-state index is 0.561. The molecule has 0 saturated heterocycles. The van der Waals surface area contributed by atoms with Gasteiger partial charge in [0.15, 0.2) is 5.75 Å². The molecule has 0 aromatic heterocycles. The van der Waals surface area contributed by atoms with Crippen LogP contribution in [0.3, 0.4) is 0 Å². The molecule has 3 N–H and O–H groups in total. The van der Waals surface area contributed by atoms with Crippen LogP contribution in [0.15, 0.2) is 30.3 Å². The Hall–Kier alpha value is 0.590. The van der Waals surface area contributed by atoms with E-state index in [9.17, 15) is 4.79 Å². The van der Waals surface area contributed by atoms with E-state index >= 15 is 0 Å². The highest BCUT2D eigenvalue weighted by atomic mass is 127. The van der Waals surface area contributed by atoms with E-state index in [1.807, 2.05) is 12.1 Å². The molecule has 8 heteroatoms. The minimum atomic E-state index is -1.05. The van der Waals surface area contributed by atoms with Crippen LogP contribution in [0.25, 0.3) is 0 Å². The largest absolute Gasteiger partial charge is 0.480 e. The number of aliphatic carboxylic acids is 1. The van der Waals surface area contributed by atoms with Crippen molar-refractivity contribution in [1.29, 1.82) is 0 Å². The van der Waals surface area contributed by atoms with Crippen LogP contribution in [0.2, 0.25) is 0 Å². The van der Waals surface area contributed by atoms with E-state index in [2.05, 4.69) is 96.4 Å². The topological polar surface area (TPSA) is 72.6 Å². The molecule has 1 unspecified atom stereocenters. The zero-order valence-electron chi connectivity index (χ0n) is 10.8. The average Bonchev–Trinajstić information content (AvgIpc) is 2.40. The summed E-state index contributed by atoms with van der Waals surface area (Å²) in [4.78, 5) is 11.0. The second-order valence-electron chi connectivity index (χ2n) is 4.34. The van der Waals surface area contributed by atoms with Crippen LogP contribution in [0.5, 0.6) is 11.5 Å². The Morgan fingerprint density at radius 2 is 1.50 bits per heavy atom. The molecule has 0 saturated carbocycles. The average molecular weight is 747 g/mol. The fourth-order valence-electron chi connectivity index (χ4n) is 1.70. The lowest BCUT2D eigenvalue weighted by Gasteiger charge is -2.14. The van der Waals surface area contributed by atoms with E-state index in [0.29, 0.717) is 11.3 Å². The lowest BCUT2D eigenvalue weighted by atomic mass is 10.1. The highest BCUT2D eigenvalue weighted by molar-refractivity contribution is 14.1. The van der Waals surface area contributed by atoms with E-state index in [0.717, 1.165) is 20.0 Å². The van der Waals surface area contributed by atoms with Crippen molar-refractivity contribution >= 4 is 96.3 Å². The zero-order chi connectivity index (χ0) is 16.4. The summed E-state index contributed by atoms with van der Waals surface area (Å²) in [6.45, 7) is 0.